The van der Waals surface area contributed by atoms with Crippen LogP contribution < -0.4 is 5.32 Å². The number of rotatable bonds is 20. The lowest BCUT2D eigenvalue weighted by atomic mass is 9.72. The molecule has 0 bridgehead atoms. The number of Topliss-reactive ketones (excluding diaryl/α,β-unsaturated/α-hetero) is 1. The van der Waals surface area contributed by atoms with Gasteiger partial charge >= 0.3 is 12.1 Å². The monoisotopic (exact) mass is 926 g/mol. The van der Waals surface area contributed by atoms with E-state index in [2.05, 4.69) is 33.0 Å². The van der Waals surface area contributed by atoms with Crippen molar-refractivity contribution in [3.63, 3.8) is 0 Å². The third-order valence-electron chi connectivity index (χ3n) is 16.2. The Labute approximate surface area is 388 Å². The second kappa shape index (κ2) is 23.0. The van der Waals surface area contributed by atoms with Gasteiger partial charge in [-0.2, -0.15) is 0 Å². The Morgan fingerprint density at radius 2 is 1.58 bits per heavy atom. The lowest BCUT2D eigenvalue weighted by Crippen LogP contribution is -2.62. The number of hydrogen-bond acceptors (Lipinski definition) is 11. The van der Waals surface area contributed by atoms with Crippen LogP contribution in [0.25, 0.3) is 0 Å². The maximum absolute atomic E-state index is 14.7. The number of aliphatic carboxylic acids is 1. The minimum Gasteiger partial charge on any atom is -0.481 e. The number of amides is 1. The fourth-order valence-electron chi connectivity index (χ4n) is 11.7. The first-order chi connectivity index (χ1) is 30.3. The number of ketones is 1. The van der Waals surface area contributed by atoms with E-state index in [-0.39, 0.29) is 42.4 Å². The molecule has 1 amide bonds. The first-order valence-electron chi connectivity index (χ1n) is 25.0. The molecule has 5 rings (SSSR count). The summed E-state index contributed by atoms with van der Waals surface area (Å²) in [6.45, 7) is 20.0. The van der Waals surface area contributed by atoms with Gasteiger partial charge in [0.15, 0.2) is 5.79 Å². The molecule has 4 N–H and O–H groups in total. The van der Waals surface area contributed by atoms with Gasteiger partial charge in [0.05, 0.1) is 72.5 Å². The summed E-state index contributed by atoms with van der Waals surface area (Å²) in [5.74, 6) is -3.94. The Hall–Kier alpha value is -1.84. The van der Waals surface area contributed by atoms with Gasteiger partial charge in [0, 0.05) is 29.6 Å². The molecule has 4 fully saturated rings. The van der Waals surface area contributed by atoms with E-state index in [0.717, 1.165) is 32.1 Å². The molecule has 0 aromatic carbocycles. The van der Waals surface area contributed by atoms with Crippen LogP contribution in [0.2, 0.25) is 0 Å². The van der Waals surface area contributed by atoms with E-state index in [9.17, 15) is 29.7 Å². The number of halogens is 1. The number of hydrogen-bond donors (Lipinski definition) is 4. The molecular formula is C50H84ClNO12. The molecule has 4 saturated heterocycles. The number of carboxylic acids is 1. The maximum atomic E-state index is 14.7. The van der Waals surface area contributed by atoms with Crippen molar-refractivity contribution >= 4 is 29.4 Å². The summed E-state index contributed by atoms with van der Waals surface area (Å²) in [6.07, 6.45) is 9.05. The van der Waals surface area contributed by atoms with Crippen LogP contribution in [0.1, 0.15) is 159 Å². The van der Waals surface area contributed by atoms with Crippen LogP contribution in [0.4, 0.5) is 4.79 Å². The van der Waals surface area contributed by atoms with Crippen molar-refractivity contribution in [1.82, 2.24) is 5.32 Å². The Kier molecular flexibility index (Phi) is 19.1. The van der Waals surface area contributed by atoms with Crippen molar-refractivity contribution < 1.29 is 58.1 Å². The molecule has 0 radical (unpaired) electrons. The molecule has 1 spiro atoms. The van der Waals surface area contributed by atoms with Gasteiger partial charge in [-0.15, -0.1) is 11.6 Å². The molecule has 0 aliphatic carbocycles. The van der Waals surface area contributed by atoms with Crippen LogP contribution in [0.15, 0.2) is 12.2 Å². The van der Waals surface area contributed by atoms with Gasteiger partial charge in [-0.25, -0.2) is 4.79 Å². The van der Waals surface area contributed by atoms with Gasteiger partial charge in [0.25, 0.3) is 0 Å². The Bertz CT molecular complexity index is 1570. The second-order valence-electron chi connectivity index (χ2n) is 20.6. The highest BCUT2D eigenvalue weighted by atomic mass is 35.5. The highest BCUT2D eigenvalue weighted by Crippen LogP contribution is 2.49. The van der Waals surface area contributed by atoms with Crippen molar-refractivity contribution in [3.8, 4) is 0 Å². The molecule has 368 valence electrons. The maximum Gasteiger partial charge on any atom is 0.407 e. The second-order valence-corrected chi connectivity index (χ2v) is 21.0. The zero-order chi connectivity index (χ0) is 47.1. The minimum absolute atomic E-state index is 0.00955. The molecular weight excluding hydrogens is 842 g/mol. The van der Waals surface area contributed by atoms with Crippen LogP contribution in [0.3, 0.4) is 0 Å². The van der Waals surface area contributed by atoms with E-state index in [4.69, 9.17) is 40.0 Å². The molecule has 14 heteroatoms. The average Bonchev–Trinajstić information content (AvgIpc) is 3.68. The van der Waals surface area contributed by atoms with Crippen LogP contribution >= 0.6 is 11.6 Å². The molecule has 5 heterocycles. The van der Waals surface area contributed by atoms with Crippen LogP contribution in [0, 0.1) is 41.4 Å². The molecule has 64 heavy (non-hydrogen) atoms. The van der Waals surface area contributed by atoms with Crippen molar-refractivity contribution in [1.29, 1.82) is 0 Å². The SMILES string of the molecule is CC[C@@H](C(=O)[C@@H](C)[C@@H](O)[C@H](C)[C@@H]1O[C@@H]([C@@H](CC)C(=O)O)CC[C@@H]1C)[C@H]1O[C@]2(C=C[C@@H](NC(=O)OCCCCCCCl)C(C3CC[C@@](C)([C@H]4CC[C@](O)(CC)[C@H](C)O4)O3)O2)[C@H](C)C[C@@H]1C. The number of aliphatic hydroxyl groups is 2. The minimum atomic E-state index is -1.23. The number of unbranched alkanes of at least 4 members (excludes halogenated alkanes) is 3. The molecule has 0 aromatic heterocycles. The number of carbonyl (C=O) groups excluding carboxylic acids is 2. The predicted octanol–water partition coefficient (Wildman–Crippen LogP) is 8.76. The lowest BCUT2D eigenvalue weighted by Gasteiger charge is -2.52. The topological polar surface area (TPSA) is 179 Å². The highest BCUT2D eigenvalue weighted by Gasteiger charge is 2.57. The summed E-state index contributed by atoms with van der Waals surface area (Å²) >= 11 is 5.83. The number of alkyl carbamates (subject to hydrolysis) is 1. The first kappa shape index (κ1) is 53.1. The fourth-order valence-corrected chi connectivity index (χ4v) is 11.9. The number of aliphatic hydroxyl groups excluding tert-OH is 1. The molecule has 2 unspecified atom stereocenters. The Morgan fingerprint density at radius 3 is 2.22 bits per heavy atom. The molecule has 19 atom stereocenters. The van der Waals surface area contributed by atoms with Gasteiger partial charge in [-0.1, -0.05) is 74.3 Å². The lowest BCUT2D eigenvalue weighted by molar-refractivity contribution is -0.327. The van der Waals surface area contributed by atoms with Gasteiger partial charge < -0.3 is 49.1 Å². The zero-order valence-corrected chi connectivity index (χ0v) is 41.4. The van der Waals surface area contributed by atoms with Gasteiger partial charge in [-0.05, 0) is 109 Å². The first-order valence-corrected chi connectivity index (χ1v) is 25.5. The molecule has 0 saturated carbocycles. The summed E-state index contributed by atoms with van der Waals surface area (Å²) in [5, 5.41) is 36.0. The quantitative estimate of drug-likeness (QED) is 0.0519. The van der Waals surface area contributed by atoms with Gasteiger partial charge in [0.1, 0.15) is 11.9 Å². The van der Waals surface area contributed by atoms with E-state index < -0.39 is 95.4 Å². The molecule has 5 aliphatic heterocycles. The number of carboxylic acid groups (broad SMARTS) is 1. The summed E-state index contributed by atoms with van der Waals surface area (Å²) in [4.78, 5) is 40.0. The van der Waals surface area contributed by atoms with E-state index in [1.54, 1.807) is 6.92 Å². The van der Waals surface area contributed by atoms with Crippen molar-refractivity contribution in [3.05, 3.63) is 12.2 Å². The van der Waals surface area contributed by atoms with E-state index in [1.165, 1.54) is 0 Å². The number of ether oxygens (including phenoxy) is 6. The predicted molar refractivity (Wildman–Crippen MR) is 245 cm³/mol. The fraction of sp³-hybridized carbons (Fsp3) is 0.900. The summed E-state index contributed by atoms with van der Waals surface area (Å²) in [7, 11) is 0. The van der Waals surface area contributed by atoms with Crippen molar-refractivity contribution in [2.45, 2.75) is 231 Å². The van der Waals surface area contributed by atoms with Gasteiger partial charge in [0.2, 0.25) is 0 Å². The highest BCUT2D eigenvalue weighted by molar-refractivity contribution is 6.17. The number of nitrogens with one attached hydrogen (secondary N) is 1. The Balaban J connectivity index is 1.35. The third kappa shape index (κ3) is 11.9. The van der Waals surface area contributed by atoms with E-state index in [1.807, 2.05) is 46.8 Å². The largest absolute Gasteiger partial charge is 0.481 e. The summed E-state index contributed by atoms with van der Waals surface area (Å²) in [5.41, 5.74) is -1.53. The smallest absolute Gasteiger partial charge is 0.407 e. The van der Waals surface area contributed by atoms with Crippen LogP contribution in [-0.2, 0) is 38.0 Å². The summed E-state index contributed by atoms with van der Waals surface area (Å²) < 4.78 is 39.9. The van der Waals surface area contributed by atoms with Crippen molar-refractivity contribution in [2.75, 3.05) is 12.5 Å². The number of alkyl halides is 1. The van der Waals surface area contributed by atoms with Gasteiger partial charge in [-0.3, -0.25) is 9.59 Å². The van der Waals surface area contributed by atoms with E-state index >= 15 is 0 Å². The molecule has 13 nitrogen and oxygen atoms in total. The average molecular weight is 927 g/mol. The van der Waals surface area contributed by atoms with Crippen LogP contribution in [-0.4, -0.2) is 118 Å². The standard InChI is InChI=1S/C50H84ClNO12/c1-11-35(46(55)56)38-19-18-29(4)43(61-38)33(8)41(53)32(7)42(54)36(12-2)44-30(5)28-31(6)50(63-44)25-20-37(52-47(57)59-27-17-15-14-16-26-51)45(64-50)39-21-23-48(10,62-39)40-22-24-49(58,13-3)34(9)60-40/h20,25,29-41,43-45,53,58H,11-19,21-24,26-28H2,1-10H3,(H,52,57)(H,55,56)/t29-,30-,31+,32-,33-,34-,35+,36-,37+,38+,39?,40+,41+,43+,44-,45?,48-,49+,50-/m0/s1. The zero-order valence-electron chi connectivity index (χ0n) is 40.6. The third-order valence-corrected chi connectivity index (χ3v) is 16.5. The van der Waals surface area contributed by atoms with E-state index in [0.29, 0.717) is 63.7 Å². The van der Waals surface area contributed by atoms with Crippen LogP contribution in [0.5, 0.6) is 0 Å². The summed E-state index contributed by atoms with van der Waals surface area (Å²) in [6, 6.07) is -0.598. The van der Waals surface area contributed by atoms with Crippen molar-refractivity contribution in [2.24, 2.45) is 41.4 Å². The molecule has 0 aromatic rings. The number of carbonyl (C=O) groups is 3. The normalized spacial score (nSPS) is 40.3. The Morgan fingerprint density at radius 1 is 0.875 bits per heavy atom. The molecule has 5 aliphatic rings.